The molecule has 0 aliphatic rings. The molecule has 0 aliphatic carbocycles. The topological polar surface area (TPSA) is 29.4 Å². The van der Waals surface area contributed by atoms with Crippen LogP contribution < -0.4 is 0 Å². The Morgan fingerprint density at radius 2 is 2.45 bits per heavy atom. The summed E-state index contributed by atoms with van der Waals surface area (Å²) in [5, 5.41) is 0. The van der Waals surface area contributed by atoms with Gasteiger partial charge in [-0.2, -0.15) is 4.99 Å². The first kappa shape index (κ1) is 8.47. The maximum absolute atomic E-state index is 9.88. The van der Waals surface area contributed by atoms with Crippen LogP contribution in [-0.4, -0.2) is 6.08 Å². The number of nitrogens with zero attached hydrogens (tertiary/aromatic N) is 1. The number of halogens is 1. The van der Waals surface area contributed by atoms with Crippen molar-refractivity contribution in [2.75, 3.05) is 0 Å². The summed E-state index contributed by atoms with van der Waals surface area (Å²) in [6, 6.07) is 3.53. The molecule has 0 spiro atoms. The van der Waals surface area contributed by atoms with E-state index in [0.717, 1.165) is 4.88 Å². The van der Waals surface area contributed by atoms with E-state index in [-0.39, 0.29) is 6.04 Å². The highest BCUT2D eigenvalue weighted by Gasteiger charge is 2.05. The van der Waals surface area contributed by atoms with Crippen LogP contribution >= 0.6 is 22.9 Å². The van der Waals surface area contributed by atoms with Crippen molar-refractivity contribution in [3.05, 3.63) is 21.3 Å². The quantitative estimate of drug-likeness (QED) is 0.517. The highest BCUT2D eigenvalue weighted by Crippen LogP contribution is 2.28. The highest BCUT2D eigenvalue weighted by molar-refractivity contribution is 7.16. The van der Waals surface area contributed by atoms with E-state index >= 15 is 0 Å². The van der Waals surface area contributed by atoms with E-state index in [1.165, 1.54) is 17.4 Å². The first-order valence-corrected chi connectivity index (χ1v) is 4.25. The van der Waals surface area contributed by atoms with E-state index in [1.54, 1.807) is 6.07 Å². The van der Waals surface area contributed by atoms with E-state index in [0.29, 0.717) is 4.34 Å². The number of thiophene rings is 1. The molecule has 11 heavy (non-hydrogen) atoms. The Morgan fingerprint density at radius 1 is 1.73 bits per heavy atom. The van der Waals surface area contributed by atoms with Crippen molar-refractivity contribution in [2.45, 2.75) is 13.0 Å². The molecule has 4 heteroatoms. The van der Waals surface area contributed by atoms with Gasteiger partial charge in [0.1, 0.15) is 0 Å². The molecule has 1 aromatic heterocycles. The van der Waals surface area contributed by atoms with Gasteiger partial charge in [-0.1, -0.05) is 11.6 Å². The van der Waals surface area contributed by atoms with E-state index < -0.39 is 0 Å². The lowest BCUT2D eigenvalue weighted by molar-refractivity contribution is 0.560. The van der Waals surface area contributed by atoms with Gasteiger partial charge in [-0.05, 0) is 19.1 Å². The van der Waals surface area contributed by atoms with Crippen molar-refractivity contribution in [3.8, 4) is 0 Å². The maximum atomic E-state index is 9.88. The summed E-state index contributed by atoms with van der Waals surface area (Å²) < 4.78 is 0.716. The monoisotopic (exact) mass is 187 g/mol. The molecule has 1 unspecified atom stereocenters. The molecular weight excluding hydrogens is 182 g/mol. The second-order valence-electron chi connectivity index (χ2n) is 2.04. The molecule has 0 radical (unpaired) electrons. The summed E-state index contributed by atoms with van der Waals surface area (Å²) >= 11 is 7.11. The van der Waals surface area contributed by atoms with Crippen LogP contribution in [0.15, 0.2) is 17.1 Å². The Labute approximate surface area is 73.5 Å². The third kappa shape index (κ3) is 2.15. The maximum Gasteiger partial charge on any atom is 0.235 e. The number of isocyanates is 1. The van der Waals surface area contributed by atoms with Crippen molar-refractivity contribution in [3.63, 3.8) is 0 Å². The summed E-state index contributed by atoms with van der Waals surface area (Å²) in [6.45, 7) is 1.83. The molecule has 1 aromatic rings. The third-order valence-electron chi connectivity index (χ3n) is 1.25. The predicted molar refractivity (Wildman–Crippen MR) is 45.9 cm³/mol. The fraction of sp³-hybridized carbons (Fsp3) is 0.286. The Hall–Kier alpha value is -0.630. The van der Waals surface area contributed by atoms with Gasteiger partial charge in [0.05, 0.1) is 10.4 Å². The molecule has 0 fully saturated rings. The van der Waals surface area contributed by atoms with Gasteiger partial charge < -0.3 is 0 Å². The molecule has 0 N–H and O–H groups in total. The third-order valence-corrected chi connectivity index (χ3v) is 2.65. The first-order chi connectivity index (χ1) is 5.24. The molecule has 0 aliphatic heterocycles. The van der Waals surface area contributed by atoms with Crippen molar-refractivity contribution in [1.29, 1.82) is 0 Å². The summed E-state index contributed by atoms with van der Waals surface area (Å²) in [5.74, 6) is 0. The SMILES string of the molecule is CC(N=C=O)c1ccc(Cl)s1. The lowest BCUT2D eigenvalue weighted by atomic mass is 10.3. The zero-order valence-electron chi connectivity index (χ0n) is 5.87. The highest BCUT2D eigenvalue weighted by atomic mass is 35.5. The van der Waals surface area contributed by atoms with E-state index in [4.69, 9.17) is 11.6 Å². The molecule has 58 valence electrons. The minimum atomic E-state index is -0.120. The average molecular weight is 188 g/mol. The fourth-order valence-corrected chi connectivity index (χ4v) is 1.75. The summed E-state index contributed by atoms with van der Waals surface area (Å²) in [7, 11) is 0. The predicted octanol–water partition coefficient (Wildman–Crippen LogP) is 2.80. The molecule has 1 heterocycles. The van der Waals surface area contributed by atoms with E-state index in [9.17, 15) is 4.79 Å². The average Bonchev–Trinajstić information content (AvgIpc) is 2.36. The molecule has 1 rings (SSSR count). The molecule has 2 nitrogen and oxygen atoms in total. The van der Waals surface area contributed by atoms with E-state index in [2.05, 4.69) is 4.99 Å². The van der Waals surface area contributed by atoms with Gasteiger partial charge in [-0.25, -0.2) is 4.79 Å². The standard InChI is InChI=1S/C7H6ClNOS/c1-5(9-4-10)6-2-3-7(8)11-6/h2-3,5H,1H3. The minimum absolute atomic E-state index is 0.120. The fourth-order valence-electron chi connectivity index (χ4n) is 0.695. The van der Waals surface area contributed by atoms with Crippen LogP contribution in [0.2, 0.25) is 4.34 Å². The van der Waals surface area contributed by atoms with Crippen LogP contribution in [0.25, 0.3) is 0 Å². The Morgan fingerprint density at radius 3 is 2.91 bits per heavy atom. The van der Waals surface area contributed by atoms with Crippen molar-refractivity contribution in [1.82, 2.24) is 0 Å². The molecule has 0 bridgehead atoms. The Balaban J connectivity index is 2.84. The Bertz CT molecular complexity index is 290. The molecule has 0 amide bonds. The van der Waals surface area contributed by atoms with Gasteiger partial charge >= 0.3 is 0 Å². The van der Waals surface area contributed by atoms with E-state index in [1.807, 2.05) is 13.0 Å². The van der Waals surface area contributed by atoms with Gasteiger partial charge in [0, 0.05) is 4.88 Å². The van der Waals surface area contributed by atoms with Crippen molar-refractivity contribution >= 4 is 29.0 Å². The molecule has 1 atom stereocenters. The van der Waals surface area contributed by atoms with Gasteiger partial charge in [-0.3, -0.25) is 0 Å². The zero-order chi connectivity index (χ0) is 8.27. The lowest BCUT2D eigenvalue weighted by Crippen LogP contribution is -1.81. The molecule has 0 saturated carbocycles. The second-order valence-corrected chi connectivity index (χ2v) is 3.78. The van der Waals surface area contributed by atoms with Crippen LogP contribution in [0, 0.1) is 0 Å². The van der Waals surface area contributed by atoms with Crippen LogP contribution in [0.5, 0.6) is 0 Å². The van der Waals surface area contributed by atoms with Crippen LogP contribution in [0.1, 0.15) is 17.8 Å². The number of hydrogen-bond donors (Lipinski definition) is 0. The first-order valence-electron chi connectivity index (χ1n) is 3.06. The number of hydrogen-bond acceptors (Lipinski definition) is 3. The van der Waals surface area contributed by atoms with Crippen LogP contribution in [-0.2, 0) is 4.79 Å². The zero-order valence-corrected chi connectivity index (χ0v) is 7.45. The second kappa shape index (κ2) is 3.67. The van der Waals surface area contributed by atoms with Gasteiger partial charge in [0.25, 0.3) is 0 Å². The smallest absolute Gasteiger partial charge is 0.211 e. The lowest BCUT2D eigenvalue weighted by Gasteiger charge is -1.96. The Kier molecular flexibility index (Phi) is 2.83. The summed E-state index contributed by atoms with van der Waals surface area (Å²) in [5.41, 5.74) is 0. The summed E-state index contributed by atoms with van der Waals surface area (Å²) in [6.07, 6.45) is 1.51. The van der Waals surface area contributed by atoms with Crippen LogP contribution in [0.4, 0.5) is 0 Å². The number of rotatable bonds is 2. The largest absolute Gasteiger partial charge is 0.235 e. The number of aliphatic imine (C=N–C) groups is 1. The van der Waals surface area contributed by atoms with Crippen LogP contribution in [0.3, 0.4) is 0 Å². The molecule has 0 aromatic carbocycles. The molecule has 0 saturated heterocycles. The van der Waals surface area contributed by atoms with Crippen molar-refractivity contribution < 1.29 is 4.79 Å². The normalized spacial score (nSPS) is 12.2. The number of carbonyl (C=O) groups excluding carboxylic acids is 1. The van der Waals surface area contributed by atoms with Gasteiger partial charge in [0.15, 0.2) is 0 Å². The summed E-state index contributed by atoms with van der Waals surface area (Å²) in [4.78, 5) is 14.4. The van der Waals surface area contributed by atoms with Gasteiger partial charge in [0.2, 0.25) is 6.08 Å². The van der Waals surface area contributed by atoms with Gasteiger partial charge in [-0.15, -0.1) is 11.3 Å². The van der Waals surface area contributed by atoms with Crippen molar-refractivity contribution in [2.24, 2.45) is 4.99 Å². The molecular formula is C7H6ClNOS. The minimum Gasteiger partial charge on any atom is -0.211 e.